The Kier molecular flexibility index (Phi) is 4.55. The summed E-state index contributed by atoms with van der Waals surface area (Å²) in [7, 11) is 0. The summed E-state index contributed by atoms with van der Waals surface area (Å²) in [5, 5.41) is 10.6. The van der Waals surface area contributed by atoms with E-state index in [0.717, 1.165) is 0 Å². The summed E-state index contributed by atoms with van der Waals surface area (Å²) in [4.78, 5) is 11.3. The summed E-state index contributed by atoms with van der Waals surface area (Å²) in [5.74, 6) is 0.440. The first-order valence-electron chi connectivity index (χ1n) is 4.31. The van der Waals surface area contributed by atoms with Crippen molar-refractivity contribution in [3.8, 4) is 0 Å². The summed E-state index contributed by atoms with van der Waals surface area (Å²) in [6.07, 6.45) is 1.85. The molecule has 77 valence electrons. The molecule has 0 bridgehead atoms. The number of carbonyl (C=O) groups is 1. The highest BCUT2D eigenvalue weighted by Gasteiger charge is 2.13. The molecule has 1 aromatic rings. The second-order valence-corrected chi connectivity index (χ2v) is 3.37. The first kappa shape index (κ1) is 11.1. The molecule has 0 fully saturated rings. The molecule has 1 unspecified atom stereocenters. The molecule has 1 radical (unpaired) electrons. The predicted octanol–water partition coefficient (Wildman–Crippen LogP) is 0.844. The zero-order chi connectivity index (χ0) is 10.4. The monoisotopic (exact) mass is 214 g/mol. The number of nitrogens with one attached hydrogen (secondary N) is 1. The Balaban J connectivity index is 2.27. The van der Waals surface area contributed by atoms with Gasteiger partial charge in [0.05, 0.1) is 18.1 Å². The highest BCUT2D eigenvalue weighted by atomic mass is 32.1. The molecule has 1 amide bonds. The number of furan rings is 1. The van der Waals surface area contributed by atoms with Crippen molar-refractivity contribution in [2.45, 2.75) is 18.2 Å². The average molecular weight is 214 g/mol. The number of hydrogen-bond acceptors (Lipinski definition) is 3. The van der Waals surface area contributed by atoms with Crippen LogP contribution in [0.5, 0.6) is 0 Å². The maximum atomic E-state index is 11.3. The van der Waals surface area contributed by atoms with Gasteiger partial charge in [-0.2, -0.15) is 0 Å². The highest BCUT2D eigenvalue weighted by Crippen LogP contribution is 2.02. The second-order valence-electron chi connectivity index (χ2n) is 2.80. The molecule has 0 saturated heterocycles. The fourth-order valence-corrected chi connectivity index (χ4v) is 1.14. The molecule has 0 aromatic carbocycles. The fraction of sp³-hybridized carbons (Fsp3) is 0.444. The summed E-state index contributed by atoms with van der Waals surface area (Å²) in [6, 6.07) is 3.52. The third kappa shape index (κ3) is 3.43. The van der Waals surface area contributed by atoms with Crippen molar-refractivity contribution in [1.82, 2.24) is 5.32 Å². The quantitative estimate of drug-likeness (QED) is 0.763. The molecule has 1 rings (SSSR count). The smallest absolute Gasteiger partial charge is 0.234 e. The minimum Gasteiger partial charge on any atom is -0.467 e. The molecule has 0 aliphatic heterocycles. The predicted molar refractivity (Wildman–Crippen MR) is 53.6 cm³/mol. The Morgan fingerprint density at radius 3 is 3.07 bits per heavy atom. The van der Waals surface area contributed by atoms with E-state index in [4.69, 9.17) is 22.2 Å². The van der Waals surface area contributed by atoms with E-state index in [1.807, 2.05) is 0 Å². The van der Waals surface area contributed by atoms with Gasteiger partial charge >= 0.3 is 0 Å². The Hall–Kier alpha value is -0.940. The zero-order valence-corrected chi connectivity index (χ0v) is 8.42. The SMILES string of the molecule is O=C(NCc1ccco1)C([S])CCO. The average Bonchev–Trinajstić information content (AvgIpc) is 2.67. The molecule has 1 aromatic heterocycles. The summed E-state index contributed by atoms with van der Waals surface area (Å²) in [5.41, 5.74) is 0. The van der Waals surface area contributed by atoms with Gasteiger partial charge in [0.25, 0.3) is 0 Å². The molecule has 0 aliphatic rings. The van der Waals surface area contributed by atoms with Gasteiger partial charge in [0, 0.05) is 6.61 Å². The third-order valence-corrected chi connectivity index (χ3v) is 2.15. The van der Waals surface area contributed by atoms with E-state index >= 15 is 0 Å². The van der Waals surface area contributed by atoms with Crippen LogP contribution < -0.4 is 5.32 Å². The summed E-state index contributed by atoms with van der Waals surface area (Å²) < 4.78 is 5.03. The molecule has 4 nitrogen and oxygen atoms in total. The summed E-state index contributed by atoms with van der Waals surface area (Å²) >= 11 is 4.85. The fourth-order valence-electron chi connectivity index (χ4n) is 0.950. The van der Waals surface area contributed by atoms with Crippen molar-refractivity contribution in [2.75, 3.05) is 6.61 Å². The highest BCUT2D eigenvalue weighted by molar-refractivity contribution is 7.81. The largest absolute Gasteiger partial charge is 0.467 e. The molecule has 0 aliphatic carbocycles. The van der Waals surface area contributed by atoms with E-state index in [0.29, 0.717) is 18.7 Å². The van der Waals surface area contributed by atoms with E-state index in [9.17, 15) is 4.79 Å². The van der Waals surface area contributed by atoms with Gasteiger partial charge in [-0.1, -0.05) is 12.6 Å². The molecule has 14 heavy (non-hydrogen) atoms. The number of rotatable bonds is 5. The number of aliphatic hydroxyl groups excluding tert-OH is 1. The normalized spacial score (nSPS) is 12.4. The standard InChI is InChI=1S/C9H12NO3S/c11-4-3-8(14)9(12)10-6-7-2-1-5-13-7/h1-2,5,8,11H,3-4,6H2,(H,10,12). The van der Waals surface area contributed by atoms with E-state index in [-0.39, 0.29) is 12.5 Å². The van der Waals surface area contributed by atoms with Gasteiger partial charge in [-0.3, -0.25) is 4.79 Å². The lowest BCUT2D eigenvalue weighted by atomic mass is 10.3. The molecule has 1 atom stereocenters. The van der Waals surface area contributed by atoms with Crippen molar-refractivity contribution in [3.63, 3.8) is 0 Å². The lowest BCUT2D eigenvalue weighted by Gasteiger charge is -2.07. The van der Waals surface area contributed by atoms with Crippen LogP contribution in [0.2, 0.25) is 0 Å². The van der Waals surface area contributed by atoms with Gasteiger partial charge in [-0.15, -0.1) is 0 Å². The van der Waals surface area contributed by atoms with Crippen LogP contribution in [0.3, 0.4) is 0 Å². The van der Waals surface area contributed by atoms with Gasteiger partial charge < -0.3 is 14.8 Å². The maximum Gasteiger partial charge on any atom is 0.234 e. The number of aliphatic hydroxyl groups is 1. The maximum absolute atomic E-state index is 11.3. The van der Waals surface area contributed by atoms with Gasteiger partial charge in [0.15, 0.2) is 0 Å². The first-order valence-corrected chi connectivity index (χ1v) is 4.78. The van der Waals surface area contributed by atoms with Crippen molar-refractivity contribution in [2.24, 2.45) is 0 Å². The van der Waals surface area contributed by atoms with Crippen LogP contribution in [0, 0.1) is 0 Å². The van der Waals surface area contributed by atoms with E-state index in [2.05, 4.69) is 5.32 Å². The zero-order valence-electron chi connectivity index (χ0n) is 7.60. The summed E-state index contributed by atoms with van der Waals surface area (Å²) in [6.45, 7) is 0.271. The first-order chi connectivity index (χ1) is 6.74. The van der Waals surface area contributed by atoms with Crippen molar-refractivity contribution in [3.05, 3.63) is 24.2 Å². The third-order valence-electron chi connectivity index (χ3n) is 1.70. The van der Waals surface area contributed by atoms with Crippen molar-refractivity contribution >= 4 is 18.5 Å². The molecule has 2 N–H and O–H groups in total. The molecular weight excluding hydrogens is 202 g/mol. The van der Waals surface area contributed by atoms with Crippen LogP contribution in [0.25, 0.3) is 0 Å². The Morgan fingerprint density at radius 1 is 1.71 bits per heavy atom. The van der Waals surface area contributed by atoms with Crippen LogP contribution in [0.1, 0.15) is 12.2 Å². The Bertz CT molecular complexity index is 274. The van der Waals surface area contributed by atoms with Crippen molar-refractivity contribution in [1.29, 1.82) is 0 Å². The molecule has 0 saturated carbocycles. The van der Waals surface area contributed by atoms with Gasteiger partial charge in [-0.05, 0) is 18.6 Å². The Labute approximate surface area is 87.7 Å². The molecule has 5 heteroatoms. The number of hydrogen-bond donors (Lipinski definition) is 2. The van der Waals surface area contributed by atoms with Gasteiger partial charge in [-0.25, -0.2) is 0 Å². The molecule has 1 heterocycles. The second kappa shape index (κ2) is 5.72. The molecular formula is C9H12NO3S. The van der Waals surface area contributed by atoms with Crippen LogP contribution in [0.4, 0.5) is 0 Å². The minimum atomic E-state index is -0.574. The van der Waals surface area contributed by atoms with Gasteiger partial charge in [0.1, 0.15) is 5.76 Å². The number of carbonyl (C=O) groups excluding carboxylic acids is 1. The van der Waals surface area contributed by atoms with E-state index < -0.39 is 5.25 Å². The Morgan fingerprint density at radius 2 is 2.50 bits per heavy atom. The lowest BCUT2D eigenvalue weighted by molar-refractivity contribution is -0.121. The van der Waals surface area contributed by atoms with Crippen LogP contribution in [-0.4, -0.2) is 22.9 Å². The van der Waals surface area contributed by atoms with Crippen LogP contribution in [-0.2, 0) is 11.3 Å². The van der Waals surface area contributed by atoms with Crippen LogP contribution in [0.15, 0.2) is 22.8 Å². The topological polar surface area (TPSA) is 62.5 Å². The van der Waals surface area contributed by atoms with E-state index in [1.54, 1.807) is 18.4 Å². The van der Waals surface area contributed by atoms with Crippen molar-refractivity contribution < 1.29 is 14.3 Å². The van der Waals surface area contributed by atoms with Gasteiger partial charge in [0.2, 0.25) is 5.91 Å². The minimum absolute atomic E-state index is 0.0671. The molecule has 0 spiro atoms. The van der Waals surface area contributed by atoms with E-state index in [1.165, 1.54) is 0 Å². The lowest BCUT2D eigenvalue weighted by Crippen LogP contribution is -2.31. The van der Waals surface area contributed by atoms with Crippen LogP contribution >= 0.6 is 12.6 Å². The number of amides is 1.